The number of alkyl halides is 1. The van der Waals surface area contributed by atoms with Gasteiger partial charge in [0.25, 0.3) is 0 Å². The van der Waals surface area contributed by atoms with Crippen molar-refractivity contribution in [2.45, 2.75) is 57.7 Å². The van der Waals surface area contributed by atoms with E-state index in [9.17, 15) is 4.39 Å². The smallest absolute Gasteiger partial charge is 0.120 e. The van der Waals surface area contributed by atoms with Crippen LogP contribution in [0, 0.1) is 5.92 Å². The maximum atomic E-state index is 14.0. The molecule has 0 amide bonds. The van der Waals surface area contributed by atoms with Gasteiger partial charge in [-0.15, -0.1) is 0 Å². The molecule has 1 atom stereocenters. The van der Waals surface area contributed by atoms with E-state index in [1.165, 1.54) is 19.3 Å². The predicted molar refractivity (Wildman–Crippen MR) is 54.6 cm³/mol. The molecule has 2 heteroatoms. The lowest BCUT2D eigenvalue weighted by atomic mass is 9.79. The lowest BCUT2D eigenvalue weighted by Crippen LogP contribution is -2.49. The summed E-state index contributed by atoms with van der Waals surface area (Å²) in [5.74, 6) is 0.288. The molecule has 1 fully saturated rings. The molecule has 13 heavy (non-hydrogen) atoms. The fourth-order valence-corrected chi connectivity index (χ4v) is 2.15. The summed E-state index contributed by atoms with van der Waals surface area (Å²) in [6.07, 6.45) is 5.18. The van der Waals surface area contributed by atoms with Crippen molar-refractivity contribution < 1.29 is 4.39 Å². The van der Waals surface area contributed by atoms with Gasteiger partial charge in [0.05, 0.1) is 0 Å². The van der Waals surface area contributed by atoms with Crippen LogP contribution in [0.5, 0.6) is 0 Å². The van der Waals surface area contributed by atoms with E-state index in [4.69, 9.17) is 0 Å². The molecule has 0 saturated heterocycles. The fourth-order valence-electron chi connectivity index (χ4n) is 2.15. The Morgan fingerprint density at radius 3 is 2.23 bits per heavy atom. The van der Waals surface area contributed by atoms with Crippen molar-refractivity contribution >= 4 is 0 Å². The van der Waals surface area contributed by atoms with Crippen molar-refractivity contribution in [3.8, 4) is 0 Å². The molecule has 0 radical (unpaired) electrons. The summed E-state index contributed by atoms with van der Waals surface area (Å²) in [7, 11) is 1.84. The Morgan fingerprint density at radius 1 is 1.23 bits per heavy atom. The van der Waals surface area contributed by atoms with E-state index < -0.39 is 6.17 Å². The Bertz CT molecular complexity index is 150. The first-order valence-corrected chi connectivity index (χ1v) is 5.41. The molecule has 0 spiro atoms. The SMILES string of the molecule is CNC(C)(C)C(F)C1CCCCC1. The Balaban J connectivity index is 2.49. The lowest BCUT2D eigenvalue weighted by molar-refractivity contribution is 0.0965. The van der Waals surface area contributed by atoms with Crippen molar-refractivity contribution in [3.05, 3.63) is 0 Å². The Labute approximate surface area is 81.1 Å². The Hall–Kier alpha value is -0.110. The van der Waals surface area contributed by atoms with E-state index in [0.29, 0.717) is 0 Å². The van der Waals surface area contributed by atoms with Crippen molar-refractivity contribution in [2.75, 3.05) is 7.05 Å². The molecule has 0 aliphatic heterocycles. The third-order valence-electron chi connectivity index (χ3n) is 3.40. The van der Waals surface area contributed by atoms with Gasteiger partial charge in [0.1, 0.15) is 6.17 Å². The molecule has 1 aliphatic carbocycles. The molecule has 1 unspecified atom stereocenters. The normalized spacial score (nSPS) is 23.1. The van der Waals surface area contributed by atoms with Crippen molar-refractivity contribution in [1.29, 1.82) is 0 Å². The zero-order chi connectivity index (χ0) is 9.90. The number of nitrogens with one attached hydrogen (secondary N) is 1. The molecule has 1 rings (SSSR count). The second-order valence-electron chi connectivity index (χ2n) is 4.77. The first kappa shape index (κ1) is 11.0. The molecule has 0 aromatic heterocycles. The average molecular weight is 187 g/mol. The molecule has 0 aromatic carbocycles. The van der Waals surface area contributed by atoms with Crippen LogP contribution in [-0.4, -0.2) is 18.8 Å². The van der Waals surface area contributed by atoms with Gasteiger partial charge in [0, 0.05) is 5.54 Å². The van der Waals surface area contributed by atoms with Crippen LogP contribution in [0.15, 0.2) is 0 Å². The van der Waals surface area contributed by atoms with E-state index >= 15 is 0 Å². The summed E-state index contributed by atoms with van der Waals surface area (Å²) in [4.78, 5) is 0. The van der Waals surface area contributed by atoms with Gasteiger partial charge in [-0.1, -0.05) is 19.3 Å². The second-order valence-corrected chi connectivity index (χ2v) is 4.77. The Morgan fingerprint density at radius 2 is 1.77 bits per heavy atom. The first-order valence-electron chi connectivity index (χ1n) is 5.41. The molecule has 1 N–H and O–H groups in total. The molecular formula is C11H22FN. The molecule has 1 saturated carbocycles. The predicted octanol–water partition coefficient (Wildman–Crippen LogP) is 2.90. The van der Waals surface area contributed by atoms with Gasteiger partial charge in [-0.05, 0) is 39.7 Å². The maximum Gasteiger partial charge on any atom is 0.120 e. The Kier molecular flexibility index (Phi) is 3.72. The molecule has 1 aliphatic rings. The quantitative estimate of drug-likeness (QED) is 0.716. The van der Waals surface area contributed by atoms with Gasteiger partial charge >= 0.3 is 0 Å². The van der Waals surface area contributed by atoms with Crippen LogP contribution in [0.1, 0.15) is 46.0 Å². The highest BCUT2D eigenvalue weighted by Gasteiger charge is 2.34. The van der Waals surface area contributed by atoms with Crippen LogP contribution in [0.2, 0.25) is 0 Å². The van der Waals surface area contributed by atoms with E-state index in [2.05, 4.69) is 5.32 Å². The van der Waals surface area contributed by atoms with Crippen molar-refractivity contribution in [1.82, 2.24) is 5.32 Å². The summed E-state index contributed by atoms with van der Waals surface area (Å²) in [6.45, 7) is 3.90. The minimum Gasteiger partial charge on any atom is -0.312 e. The average Bonchev–Trinajstić information content (AvgIpc) is 2.18. The monoisotopic (exact) mass is 187 g/mol. The topological polar surface area (TPSA) is 12.0 Å². The van der Waals surface area contributed by atoms with E-state index in [0.717, 1.165) is 12.8 Å². The molecule has 78 valence electrons. The van der Waals surface area contributed by atoms with Gasteiger partial charge in [-0.2, -0.15) is 0 Å². The third kappa shape index (κ3) is 2.67. The van der Waals surface area contributed by atoms with Gasteiger partial charge < -0.3 is 5.32 Å². The minimum absolute atomic E-state index is 0.288. The highest BCUT2D eigenvalue weighted by molar-refractivity contribution is 4.90. The van der Waals surface area contributed by atoms with Crippen LogP contribution in [-0.2, 0) is 0 Å². The maximum absolute atomic E-state index is 14.0. The molecule has 0 bridgehead atoms. The van der Waals surface area contributed by atoms with E-state index in [1.54, 1.807) is 0 Å². The van der Waals surface area contributed by atoms with Crippen molar-refractivity contribution in [2.24, 2.45) is 5.92 Å². The summed E-state index contributed by atoms with van der Waals surface area (Å²) in [5, 5.41) is 3.06. The van der Waals surface area contributed by atoms with Gasteiger partial charge in [-0.3, -0.25) is 0 Å². The standard InChI is InChI=1S/C11H22FN/c1-11(2,13-3)10(12)9-7-5-4-6-8-9/h9-10,13H,4-8H2,1-3H3. The molecule has 0 aromatic rings. The number of hydrogen-bond donors (Lipinski definition) is 1. The summed E-state index contributed by atoms with van der Waals surface area (Å²) < 4.78 is 14.0. The van der Waals surface area contributed by atoms with E-state index in [-0.39, 0.29) is 11.5 Å². The highest BCUT2D eigenvalue weighted by Crippen LogP contribution is 2.32. The third-order valence-corrected chi connectivity index (χ3v) is 3.40. The first-order chi connectivity index (χ1) is 6.08. The number of rotatable bonds is 3. The van der Waals surface area contributed by atoms with Crippen LogP contribution >= 0.6 is 0 Å². The van der Waals surface area contributed by atoms with Gasteiger partial charge in [-0.25, -0.2) is 4.39 Å². The summed E-state index contributed by atoms with van der Waals surface area (Å²) >= 11 is 0. The molecular weight excluding hydrogens is 165 g/mol. The summed E-state index contributed by atoms with van der Waals surface area (Å²) in [6, 6.07) is 0. The van der Waals surface area contributed by atoms with Crippen molar-refractivity contribution in [3.63, 3.8) is 0 Å². The number of hydrogen-bond acceptors (Lipinski definition) is 1. The molecule has 0 heterocycles. The number of halogens is 1. The largest absolute Gasteiger partial charge is 0.312 e. The minimum atomic E-state index is -0.696. The zero-order valence-electron chi connectivity index (χ0n) is 9.07. The van der Waals surface area contributed by atoms with E-state index in [1.807, 2.05) is 20.9 Å². The summed E-state index contributed by atoms with van der Waals surface area (Å²) in [5.41, 5.74) is -0.359. The van der Waals surface area contributed by atoms with Gasteiger partial charge in [0.2, 0.25) is 0 Å². The van der Waals surface area contributed by atoms with Crippen LogP contribution in [0.4, 0.5) is 4.39 Å². The zero-order valence-corrected chi connectivity index (χ0v) is 9.07. The lowest BCUT2D eigenvalue weighted by Gasteiger charge is -2.35. The van der Waals surface area contributed by atoms with Crippen LogP contribution in [0.25, 0.3) is 0 Å². The fraction of sp³-hybridized carbons (Fsp3) is 1.00. The van der Waals surface area contributed by atoms with Crippen LogP contribution < -0.4 is 5.32 Å². The second kappa shape index (κ2) is 4.41. The highest BCUT2D eigenvalue weighted by atomic mass is 19.1. The molecule has 1 nitrogen and oxygen atoms in total. The van der Waals surface area contributed by atoms with Crippen LogP contribution in [0.3, 0.4) is 0 Å². The van der Waals surface area contributed by atoms with Gasteiger partial charge in [0.15, 0.2) is 0 Å².